The van der Waals surface area contributed by atoms with Crippen LogP contribution in [0.2, 0.25) is 0 Å². The molecule has 4 rings (SSSR count). The van der Waals surface area contributed by atoms with Gasteiger partial charge < -0.3 is 5.32 Å². The lowest BCUT2D eigenvalue weighted by Crippen LogP contribution is -2.07. The summed E-state index contributed by atoms with van der Waals surface area (Å²) in [6.45, 7) is 1.05. The molecule has 1 N–H and O–H groups in total. The highest BCUT2D eigenvalue weighted by atomic mass is 79.9. The number of hydrogen-bond donors (Lipinski definition) is 1. The first kappa shape index (κ1) is 14.3. The monoisotopic (exact) mass is 359 g/mol. The number of hydrogen-bond acceptors (Lipinski definition) is 2. The molecule has 1 saturated carbocycles. The van der Waals surface area contributed by atoms with Gasteiger partial charge in [0.1, 0.15) is 5.82 Å². The van der Waals surface area contributed by atoms with Crippen molar-refractivity contribution < 1.29 is 0 Å². The Morgan fingerprint density at radius 3 is 2.73 bits per heavy atom. The Labute approximate surface area is 140 Å². The van der Waals surface area contributed by atoms with Gasteiger partial charge in [0.25, 0.3) is 0 Å². The predicted molar refractivity (Wildman–Crippen MR) is 93.9 cm³/mol. The largest absolute Gasteiger partial charge is 0.370 e. The second kappa shape index (κ2) is 6.07. The van der Waals surface area contributed by atoms with Crippen LogP contribution in [-0.4, -0.2) is 16.3 Å². The van der Waals surface area contributed by atoms with Gasteiger partial charge in [0.15, 0.2) is 0 Å². The summed E-state index contributed by atoms with van der Waals surface area (Å²) in [7, 11) is 0. The van der Waals surface area contributed by atoms with E-state index >= 15 is 0 Å². The highest BCUT2D eigenvalue weighted by Gasteiger charge is 2.28. The molecule has 3 nitrogen and oxygen atoms in total. The van der Waals surface area contributed by atoms with E-state index in [0.29, 0.717) is 5.92 Å². The molecule has 1 aromatic carbocycles. The molecule has 0 radical (unpaired) electrons. The Balaban J connectivity index is 1.86. The second-order valence-corrected chi connectivity index (χ2v) is 7.30. The summed E-state index contributed by atoms with van der Waals surface area (Å²) in [5.74, 6) is 1.89. The molecule has 1 aromatic heterocycles. The molecule has 2 aromatic rings. The van der Waals surface area contributed by atoms with E-state index in [1.54, 1.807) is 0 Å². The van der Waals surface area contributed by atoms with E-state index < -0.39 is 0 Å². The van der Waals surface area contributed by atoms with Crippen molar-refractivity contribution >= 4 is 21.7 Å². The Kier molecular flexibility index (Phi) is 3.95. The van der Waals surface area contributed by atoms with Crippen LogP contribution in [0.3, 0.4) is 0 Å². The minimum absolute atomic E-state index is 0.664. The number of benzene rings is 1. The van der Waals surface area contributed by atoms with Crippen molar-refractivity contribution in [1.82, 2.24) is 9.78 Å². The molecule has 0 bridgehead atoms. The number of rotatable bonds is 2. The predicted octanol–water partition coefficient (Wildman–Crippen LogP) is 5.04. The van der Waals surface area contributed by atoms with Gasteiger partial charge in [0.2, 0.25) is 0 Å². The van der Waals surface area contributed by atoms with Gasteiger partial charge in [-0.15, -0.1) is 0 Å². The van der Waals surface area contributed by atoms with E-state index in [0.717, 1.165) is 16.7 Å². The molecule has 0 unspecified atom stereocenters. The molecule has 1 aliphatic heterocycles. The van der Waals surface area contributed by atoms with Crippen LogP contribution in [0.4, 0.5) is 5.82 Å². The first-order valence-corrected chi connectivity index (χ1v) is 9.24. The Bertz CT molecular complexity index is 671. The van der Waals surface area contributed by atoms with Crippen molar-refractivity contribution in [2.45, 2.75) is 50.9 Å². The summed E-state index contributed by atoms with van der Waals surface area (Å²) >= 11 is 3.68. The molecule has 22 heavy (non-hydrogen) atoms. The third-order valence-electron chi connectivity index (χ3n) is 4.98. The molecule has 4 heteroatoms. The SMILES string of the molecule is Brc1ccccc1-n1nc(C2CCCC2)c2c1NCCCC2. The first-order valence-electron chi connectivity index (χ1n) is 8.45. The Hall–Kier alpha value is -1.29. The molecule has 1 aliphatic carbocycles. The molecular formula is C18H22BrN3. The van der Waals surface area contributed by atoms with E-state index in [1.165, 1.54) is 62.0 Å². The van der Waals surface area contributed by atoms with Crippen LogP contribution in [0, 0.1) is 0 Å². The molecule has 116 valence electrons. The third kappa shape index (κ3) is 2.47. The molecule has 1 fully saturated rings. The molecular weight excluding hydrogens is 338 g/mol. The average Bonchev–Trinajstić information content (AvgIpc) is 3.10. The van der Waals surface area contributed by atoms with Crippen molar-refractivity contribution in [3.8, 4) is 5.69 Å². The fourth-order valence-electron chi connectivity index (χ4n) is 3.85. The van der Waals surface area contributed by atoms with Crippen LogP contribution in [0.15, 0.2) is 28.7 Å². The standard InChI is InChI=1S/C18H22BrN3/c19-15-10-3-4-11-16(15)22-18-14(9-5-6-12-20-18)17(21-22)13-7-1-2-8-13/h3-4,10-11,13,20H,1-2,5-9,12H2. The normalized spacial score (nSPS) is 18.8. The summed E-state index contributed by atoms with van der Waals surface area (Å²) in [4.78, 5) is 0. The lowest BCUT2D eigenvalue weighted by atomic mass is 9.97. The number of nitrogens with zero attached hydrogens (tertiary/aromatic N) is 2. The quantitative estimate of drug-likeness (QED) is 0.813. The van der Waals surface area contributed by atoms with Crippen LogP contribution in [0.5, 0.6) is 0 Å². The van der Waals surface area contributed by atoms with Crippen molar-refractivity contribution in [1.29, 1.82) is 0 Å². The molecule has 0 spiro atoms. The number of anilines is 1. The number of aromatic nitrogens is 2. The van der Waals surface area contributed by atoms with E-state index in [9.17, 15) is 0 Å². The van der Waals surface area contributed by atoms with Crippen molar-refractivity contribution in [3.05, 3.63) is 40.0 Å². The average molecular weight is 360 g/mol. The van der Waals surface area contributed by atoms with Gasteiger partial charge in [-0.1, -0.05) is 25.0 Å². The second-order valence-electron chi connectivity index (χ2n) is 6.44. The van der Waals surface area contributed by atoms with Crippen LogP contribution in [-0.2, 0) is 6.42 Å². The maximum atomic E-state index is 5.07. The Morgan fingerprint density at radius 2 is 1.91 bits per heavy atom. The maximum absolute atomic E-state index is 5.07. The fraction of sp³-hybridized carbons (Fsp3) is 0.500. The van der Waals surface area contributed by atoms with Crippen molar-refractivity contribution in [3.63, 3.8) is 0 Å². The van der Waals surface area contributed by atoms with Crippen LogP contribution in [0.1, 0.15) is 55.7 Å². The molecule has 0 amide bonds. The van der Waals surface area contributed by atoms with Gasteiger partial charge in [0.05, 0.1) is 11.4 Å². The minimum Gasteiger partial charge on any atom is -0.370 e. The molecule has 2 aliphatic rings. The molecule has 2 heterocycles. The van der Waals surface area contributed by atoms with Gasteiger partial charge in [-0.3, -0.25) is 0 Å². The number of para-hydroxylation sites is 1. The van der Waals surface area contributed by atoms with E-state index in [4.69, 9.17) is 5.10 Å². The number of fused-ring (bicyclic) bond motifs is 1. The summed E-state index contributed by atoms with van der Waals surface area (Å²) in [6, 6.07) is 8.37. The van der Waals surface area contributed by atoms with Gasteiger partial charge in [-0.05, 0) is 60.2 Å². The molecule has 0 saturated heterocycles. The van der Waals surface area contributed by atoms with E-state index in [-0.39, 0.29) is 0 Å². The minimum atomic E-state index is 0.664. The lowest BCUT2D eigenvalue weighted by Gasteiger charge is -2.10. The van der Waals surface area contributed by atoms with Crippen LogP contribution in [0.25, 0.3) is 5.69 Å². The summed E-state index contributed by atoms with van der Waals surface area (Å²) in [5.41, 5.74) is 3.97. The van der Waals surface area contributed by atoms with Crippen LogP contribution < -0.4 is 5.32 Å². The van der Waals surface area contributed by atoms with Gasteiger partial charge in [-0.2, -0.15) is 5.10 Å². The first-order chi connectivity index (χ1) is 10.8. The fourth-order valence-corrected chi connectivity index (χ4v) is 4.31. The van der Waals surface area contributed by atoms with Crippen molar-refractivity contribution in [2.24, 2.45) is 0 Å². The summed E-state index contributed by atoms with van der Waals surface area (Å²) in [5, 5.41) is 8.71. The Morgan fingerprint density at radius 1 is 1.09 bits per heavy atom. The van der Waals surface area contributed by atoms with Crippen LogP contribution >= 0.6 is 15.9 Å². The van der Waals surface area contributed by atoms with Gasteiger partial charge in [-0.25, -0.2) is 4.68 Å². The zero-order chi connectivity index (χ0) is 14.9. The number of halogens is 1. The smallest absolute Gasteiger partial charge is 0.133 e. The van der Waals surface area contributed by atoms with Crippen molar-refractivity contribution in [2.75, 3.05) is 11.9 Å². The summed E-state index contributed by atoms with van der Waals surface area (Å²) < 4.78 is 3.24. The topological polar surface area (TPSA) is 29.9 Å². The highest BCUT2D eigenvalue weighted by Crippen LogP contribution is 2.40. The summed E-state index contributed by atoms with van der Waals surface area (Å²) in [6.07, 6.45) is 9.00. The molecule has 0 atom stereocenters. The third-order valence-corrected chi connectivity index (χ3v) is 5.65. The zero-order valence-corrected chi connectivity index (χ0v) is 14.4. The van der Waals surface area contributed by atoms with Gasteiger partial charge in [0, 0.05) is 22.5 Å². The maximum Gasteiger partial charge on any atom is 0.133 e. The zero-order valence-electron chi connectivity index (χ0n) is 12.8. The van der Waals surface area contributed by atoms with Gasteiger partial charge >= 0.3 is 0 Å². The van der Waals surface area contributed by atoms with E-state index in [1.807, 2.05) is 0 Å². The lowest BCUT2D eigenvalue weighted by molar-refractivity contribution is 0.663. The highest BCUT2D eigenvalue weighted by molar-refractivity contribution is 9.10. The number of nitrogens with one attached hydrogen (secondary N) is 1. The van der Waals surface area contributed by atoms with E-state index in [2.05, 4.69) is 50.2 Å².